The third kappa shape index (κ3) is 56.2. The van der Waals surface area contributed by atoms with Crippen molar-refractivity contribution < 1.29 is 28.6 Å². The van der Waals surface area contributed by atoms with E-state index in [0.29, 0.717) is 19.3 Å². The van der Waals surface area contributed by atoms with E-state index in [4.69, 9.17) is 14.2 Å². The minimum absolute atomic E-state index is 0.0762. The topological polar surface area (TPSA) is 78.9 Å². The lowest BCUT2D eigenvalue weighted by Crippen LogP contribution is -2.30. The van der Waals surface area contributed by atoms with Crippen molar-refractivity contribution in [2.75, 3.05) is 13.2 Å². The molecule has 0 aliphatic heterocycles. The second-order valence-corrected chi connectivity index (χ2v) is 20.4. The smallest absolute Gasteiger partial charge is 0.306 e. The average molecular weight is 968 g/mol. The van der Waals surface area contributed by atoms with Gasteiger partial charge in [0, 0.05) is 19.3 Å². The molecule has 0 aliphatic carbocycles. The number of unbranched alkanes of at least 4 members (excludes halogenated alkanes) is 39. The summed E-state index contributed by atoms with van der Waals surface area (Å²) >= 11 is 0. The third-order valence-electron chi connectivity index (χ3n) is 13.4. The molecule has 6 heteroatoms. The van der Waals surface area contributed by atoms with Gasteiger partial charge in [-0.05, 0) is 44.9 Å². The van der Waals surface area contributed by atoms with Gasteiger partial charge in [0.05, 0.1) is 0 Å². The van der Waals surface area contributed by atoms with Crippen molar-refractivity contribution >= 4 is 17.9 Å². The number of ether oxygens (including phenoxy) is 3. The van der Waals surface area contributed by atoms with E-state index >= 15 is 0 Å². The molecule has 6 nitrogen and oxygen atoms in total. The summed E-state index contributed by atoms with van der Waals surface area (Å²) in [5.74, 6) is -0.879. The third-order valence-corrected chi connectivity index (χ3v) is 13.4. The molecule has 0 aliphatic rings. The molecule has 0 spiro atoms. The Morgan fingerprint density at radius 1 is 0.290 bits per heavy atom. The fourth-order valence-electron chi connectivity index (χ4n) is 8.87. The Morgan fingerprint density at radius 2 is 0.522 bits per heavy atom. The summed E-state index contributed by atoms with van der Waals surface area (Å²) in [5, 5.41) is 0. The molecule has 0 aromatic rings. The first-order valence-corrected chi connectivity index (χ1v) is 30.2. The molecule has 0 rings (SSSR count). The van der Waals surface area contributed by atoms with Crippen LogP contribution in [-0.2, 0) is 28.6 Å². The van der Waals surface area contributed by atoms with Crippen LogP contribution >= 0.6 is 0 Å². The van der Waals surface area contributed by atoms with Gasteiger partial charge in [-0.15, -0.1) is 0 Å². The highest BCUT2D eigenvalue weighted by molar-refractivity contribution is 5.71. The molecule has 0 saturated heterocycles. The molecule has 1 unspecified atom stereocenters. The Labute approximate surface area is 428 Å². The summed E-state index contributed by atoms with van der Waals surface area (Å²) in [6.45, 7) is 6.63. The zero-order valence-electron chi connectivity index (χ0n) is 46.1. The standard InChI is InChI=1S/C63H114O6/c1-4-7-10-13-16-19-22-25-28-31-33-35-38-41-44-47-50-53-56-62(65)68-59-60(58-67-61(64)55-52-49-46-43-40-37-34-30-27-24-21-18-15-12-9-6-3)69-63(66)57-54-51-48-45-42-39-36-32-29-26-23-20-17-14-11-8-5-2/h16,19,22,25,28,31,33,35,60H,4-15,17-18,20-21,23-24,26-27,29-30,32,34,36-59H2,1-3H3/b19-16-,25-22-,31-28-,35-33-. The van der Waals surface area contributed by atoms with Crippen molar-refractivity contribution in [1.29, 1.82) is 0 Å². The SMILES string of the molecule is CCCCC\C=C/C=C\C=C/C=C\CCCCCCCC(=O)OCC(COC(=O)CCCCCCCCCCCCCCCCCC)OC(=O)CCCCCCCCCCCCCCCCCCC. The highest BCUT2D eigenvalue weighted by Crippen LogP contribution is 2.17. The maximum Gasteiger partial charge on any atom is 0.306 e. The Morgan fingerprint density at radius 3 is 0.841 bits per heavy atom. The van der Waals surface area contributed by atoms with Crippen molar-refractivity contribution in [2.24, 2.45) is 0 Å². The quantitative estimate of drug-likeness (QED) is 0.0262. The van der Waals surface area contributed by atoms with Crippen LogP contribution in [0.3, 0.4) is 0 Å². The summed E-state index contributed by atoms with van der Waals surface area (Å²) in [7, 11) is 0. The summed E-state index contributed by atoms with van der Waals surface area (Å²) < 4.78 is 16.9. The van der Waals surface area contributed by atoms with E-state index in [-0.39, 0.29) is 31.1 Å². The van der Waals surface area contributed by atoms with Crippen LogP contribution in [0.4, 0.5) is 0 Å². The fraction of sp³-hybridized carbons (Fsp3) is 0.825. The zero-order valence-corrected chi connectivity index (χ0v) is 46.1. The summed E-state index contributed by atoms with van der Waals surface area (Å²) in [5.41, 5.74) is 0. The summed E-state index contributed by atoms with van der Waals surface area (Å²) in [4.78, 5) is 38.2. The Balaban J connectivity index is 4.39. The number of hydrogen-bond acceptors (Lipinski definition) is 6. The van der Waals surface area contributed by atoms with Crippen molar-refractivity contribution in [2.45, 2.75) is 322 Å². The van der Waals surface area contributed by atoms with Crippen LogP contribution in [0, 0.1) is 0 Å². The molecule has 0 fully saturated rings. The molecule has 0 radical (unpaired) electrons. The van der Waals surface area contributed by atoms with Crippen LogP contribution in [0.1, 0.15) is 316 Å². The molecule has 0 N–H and O–H groups in total. The molecule has 0 aromatic heterocycles. The second kappa shape index (κ2) is 57.9. The van der Waals surface area contributed by atoms with Gasteiger partial charge < -0.3 is 14.2 Å². The lowest BCUT2D eigenvalue weighted by molar-refractivity contribution is -0.167. The first-order valence-electron chi connectivity index (χ1n) is 30.2. The first-order chi connectivity index (χ1) is 34.0. The van der Waals surface area contributed by atoms with Gasteiger partial charge in [-0.3, -0.25) is 14.4 Å². The molecule has 0 amide bonds. The van der Waals surface area contributed by atoms with Gasteiger partial charge in [0.1, 0.15) is 13.2 Å². The van der Waals surface area contributed by atoms with Gasteiger partial charge in [-0.1, -0.05) is 301 Å². The molecular formula is C63H114O6. The van der Waals surface area contributed by atoms with E-state index in [1.807, 2.05) is 0 Å². The van der Waals surface area contributed by atoms with Gasteiger partial charge >= 0.3 is 17.9 Å². The lowest BCUT2D eigenvalue weighted by atomic mass is 10.0. The van der Waals surface area contributed by atoms with Crippen LogP contribution in [-0.4, -0.2) is 37.2 Å². The van der Waals surface area contributed by atoms with Gasteiger partial charge in [0.2, 0.25) is 0 Å². The van der Waals surface area contributed by atoms with Gasteiger partial charge in [-0.2, -0.15) is 0 Å². The van der Waals surface area contributed by atoms with Crippen LogP contribution in [0.15, 0.2) is 48.6 Å². The molecule has 0 bridgehead atoms. The fourth-order valence-corrected chi connectivity index (χ4v) is 8.87. The minimum Gasteiger partial charge on any atom is -0.462 e. The average Bonchev–Trinajstić information content (AvgIpc) is 3.35. The molecule has 1 atom stereocenters. The number of rotatable bonds is 55. The maximum absolute atomic E-state index is 12.9. The molecule has 0 aromatic carbocycles. The van der Waals surface area contributed by atoms with E-state index < -0.39 is 6.10 Å². The Bertz CT molecular complexity index is 1200. The van der Waals surface area contributed by atoms with Crippen molar-refractivity contribution in [3.8, 4) is 0 Å². The predicted molar refractivity (Wildman–Crippen MR) is 298 cm³/mol. The number of allylic oxidation sites excluding steroid dienone is 8. The van der Waals surface area contributed by atoms with Crippen LogP contribution in [0.2, 0.25) is 0 Å². The van der Waals surface area contributed by atoms with Crippen molar-refractivity contribution in [3.63, 3.8) is 0 Å². The van der Waals surface area contributed by atoms with E-state index in [9.17, 15) is 14.4 Å². The molecular weight excluding hydrogens is 853 g/mol. The Hall–Kier alpha value is -2.63. The number of carbonyl (C=O) groups excluding carboxylic acids is 3. The normalized spacial score (nSPS) is 12.3. The highest BCUT2D eigenvalue weighted by Gasteiger charge is 2.19. The van der Waals surface area contributed by atoms with E-state index in [2.05, 4.69) is 69.4 Å². The van der Waals surface area contributed by atoms with Gasteiger partial charge in [0.25, 0.3) is 0 Å². The number of carbonyl (C=O) groups is 3. The summed E-state index contributed by atoms with van der Waals surface area (Å²) in [6, 6.07) is 0. The predicted octanol–water partition coefficient (Wildman–Crippen LogP) is 20.2. The molecule has 402 valence electrons. The number of hydrogen-bond donors (Lipinski definition) is 0. The number of esters is 3. The Kier molecular flexibility index (Phi) is 55.7. The monoisotopic (exact) mass is 967 g/mol. The van der Waals surface area contributed by atoms with E-state index in [0.717, 1.165) is 83.5 Å². The summed E-state index contributed by atoms with van der Waals surface area (Å²) in [6.07, 6.45) is 71.0. The van der Waals surface area contributed by atoms with Crippen LogP contribution in [0.5, 0.6) is 0 Å². The lowest BCUT2D eigenvalue weighted by Gasteiger charge is -2.18. The largest absolute Gasteiger partial charge is 0.462 e. The molecule has 0 saturated carbocycles. The van der Waals surface area contributed by atoms with Gasteiger partial charge in [-0.25, -0.2) is 0 Å². The van der Waals surface area contributed by atoms with Crippen LogP contribution < -0.4 is 0 Å². The second-order valence-electron chi connectivity index (χ2n) is 20.4. The molecule has 69 heavy (non-hydrogen) atoms. The van der Waals surface area contributed by atoms with E-state index in [1.165, 1.54) is 193 Å². The van der Waals surface area contributed by atoms with Gasteiger partial charge in [0.15, 0.2) is 6.10 Å². The minimum atomic E-state index is -0.780. The van der Waals surface area contributed by atoms with E-state index in [1.54, 1.807) is 0 Å². The van der Waals surface area contributed by atoms with Crippen molar-refractivity contribution in [3.05, 3.63) is 48.6 Å². The van der Waals surface area contributed by atoms with Crippen molar-refractivity contribution in [1.82, 2.24) is 0 Å². The highest BCUT2D eigenvalue weighted by atomic mass is 16.6. The zero-order chi connectivity index (χ0) is 50.0. The first kappa shape index (κ1) is 66.4. The maximum atomic E-state index is 12.9. The van der Waals surface area contributed by atoms with Crippen LogP contribution in [0.25, 0.3) is 0 Å². The molecule has 0 heterocycles.